The number of hydrogen-bond donors (Lipinski definition) is 1. The van der Waals surface area contributed by atoms with Crippen LogP contribution in [-0.2, 0) is 9.53 Å². The van der Waals surface area contributed by atoms with Gasteiger partial charge in [0.05, 0.1) is 15.6 Å². The molecule has 2 aromatic heterocycles. The van der Waals surface area contributed by atoms with E-state index < -0.39 is 5.41 Å². The number of ether oxygens (including phenoxy) is 1. The number of thiophene rings is 1. The van der Waals surface area contributed by atoms with E-state index in [0.717, 1.165) is 42.0 Å². The van der Waals surface area contributed by atoms with Gasteiger partial charge in [0, 0.05) is 45.9 Å². The molecule has 2 aromatic rings. The van der Waals surface area contributed by atoms with Crippen LogP contribution in [0.15, 0.2) is 17.8 Å². The van der Waals surface area contributed by atoms with Crippen LogP contribution in [0.25, 0.3) is 10.2 Å². The van der Waals surface area contributed by atoms with Crippen molar-refractivity contribution >= 4 is 33.3 Å². The molecule has 0 atom stereocenters. The first-order valence-corrected chi connectivity index (χ1v) is 9.62. The summed E-state index contributed by atoms with van der Waals surface area (Å²) in [6, 6.07) is 2.01. The van der Waals surface area contributed by atoms with Crippen LogP contribution in [0, 0.1) is 5.41 Å². The van der Waals surface area contributed by atoms with Gasteiger partial charge in [0.15, 0.2) is 0 Å². The number of nitrogens with zero attached hydrogens (tertiary/aromatic N) is 4. The highest BCUT2D eigenvalue weighted by Crippen LogP contribution is 2.33. The molecule has 2 aliphatic heterocycles. The Labute approximate surface area is 150 Å². The number of rotatable bonds is 3. The first kappa shape index (κ1) is 16.7. The Morgan fingerprint density at radius 3 is 2.72 bits per heavy atom. The van der Waals surface area contributed by atoms with Crippen LogP contribution in [0.5, 0.6) is 0 Å². The zero-order valence-corrected chi connectivity index (χ0v) is 15.0. The lowest BCUT2D eigenvalue weighted by Gasteiger charge is -2.42. The molecule has 0 unspecified atom stereocenters. The van der Waals surface area contributed by atoms with Gasteiger partial charge in [-0.25, -0.2) is 9.97 Å². The third kappa shape index (κ3) is 2.98. The van der Waals surface area contributed by atoms with E-state index in [4.69, 9.17) is 10.5 Å². The fourth-order valence-corrected chi connectivity index (χ4v) is 4.59. The fraction of sp³-hybridized carbons (Fsp3) is 0.588. The first-order chi connectivity index (χ1) is 12.2. The molecule has 4 heterocycles. The van der Waals surface area contributed by atoms with Crippen LogP contribution in [-0.4, -0.2) is 66.7 Å². The van der Waals surface area contributed by atoms with E-state index in [0.29, 0.717) is 32.8 Å². The van der Waals surface area contributed by atoms with Gasteiger partial charge in [-0.15, -0.1) is 11.3 Å². The van der Waals surface area contributed by atoms with Crippen LogP contribution < -0.4 is 10.6 Å². The summed E-state index contributed by atoms with van der Waals surface area (Å²) < 4.78 is 6.54. The zero-order valence-electron chi connectivity index (χ0n) is 14.2. The maximum absolute atomic E-state index is 13.1. The quantitative estimate of drug-likeness (QED) is 0.881. The van der Waals surface area contributed by atoms with Crippen molar-refractivity contribution in [1.82, 2.24) is 14.9 Å². The maximum atomic E-state index is 13.1. The molecule has 0 spiro atoms. The molecule has 0 bridgehead atoms. The van der Waals surface area contributed by atoms with Gasteiger partial charge in [-0.2, -0.15) is 0 Å². The van der Waals surface area contributed by atoms with Gasteiger partial charge < -0.3 is 20.3 Å². The SMILES string of the molecule is NCC1(C(=O)N2CCN(c3ncnc4ccsc34)CC2)CCOCC1. The largest absolute Gasteiger partial charge is 0.381 e. The van der Waals surface area contributed by atoms with Gasteiger partial charge in [-0.05, 0) is 24.3 Å². The predicted molar refractivity (Wildman–Crippen MR) is 97.7 cm³/mol. The number of aromatic nitrogens is 2. The number of carbonyl (C=O) groups is 1. The fourth-order valence-electron chi connectivity index (χ4n) is 3.73. The second-order valence-corrected chi connectivity index (χ2v) is 7.62. The van der Waals surface area contributed by atoms with Gasteiger partial charge >= 0.3 is 0 Å². The van der Waals surface area contributed by atoms with E-state index in [1.807, 2.05) is 16.3 Å². The minimum Gasteiger partial charge on any atom is -0.381 e. The maximum Gasteiger partial charge on any atom is 0.230 e. The van der Waals surface area contributed by atoms with Crippen molar-refractivity contribution in [2.45, 2.75) is 12.8 Å². The molecule has 1 amide bonds. The summed E-state index contributed by atoms with van der Waals surface area (Å²) in [6.45, 7) is 4.63. The van der Waals surface area contributed by atoms with Crippen LogP contribution in [0.2, 0.25) is 0 Å². The summed E-state index contributed by atoms with van der Waals surface area (Å²) in [5.41, 5.74) is 6.54. The Bertz CT molecular complexity index is 750. The highest BCUT2D eigenvalue weighted by molar-refractivity contribution is 7.17. The average molecular weight is 361 g/mol. The van der Waals surface area contributed by atoms with E-state index >= 15 is 0 Å². The van der Waals surface area contributed by atoms with Gasteiger partial charge in [0.25, 0.3) is 0 Å². The third-order valence-electron chi connectivity index (χ3n) is 5.39. The Kier molecular flexibility index (Phi) is 4.58. The Morgan fingerprint density at radius 1 is 1.24 bits per heavy atom. The molecular weight excluding hydrogens is 338 g/mol. The summed E-state index contributed by atoms with van der Waals surface area (Å²) >= 11 is 1.66. The summed E-state index contributed by atoms with van der Waals surface area (Å²) in [4.78, 5) is 26.1. The summed E-state index contributed by atoms with van der Waals surface area (Å²) in [5.74, 6) is 1.17. The molecule has 4 rings (SSSR count). The van der Waals surface area contributed by atoms with Crippen LogP contribution >= 0.6 is 11.3 Å². The van der Waals surface area contributed by atoms with E-state index in [1.54, 1.807) is 17.7 Å². The molecule has 2 N–H and O–H groups in total. The molecule has 0 saturated carbocycles. The molecule has 25 heavy (non-hydrogen) atoms. The van der Waals surface area contributed by atoms with Crippen molar-refractivity contribution in [2.24, 2.45) is 11.1 Å². The topological polar surface area (TPSA) is 84.6 Å². The van der Waals surface area contributed by atoms with Crippen molar-refractivity contribution in [3.05, 3.63) is 17.8 Å². The van der Waals surface area contributed by atoms with Crippen molar-refractivity contribution in [3.8, 4) is 0 Å². The lowest BCUT2D eigenvalue weighted by molar-refractivity contribution is -0.147. The molecule has 0 aliphatic carbocycles. The average Bonchev–Trinajstić information content (AvgIpc) is 3.17. The number of fused-ring (bicyclic) bond motifs is 1. The molecule has 0 aromatic carbocycles. The third-order valence-corrected chi connectivity index (χ3v) is 6.28. The van der Waals surface area contributed by atoms with E-state index in [9.17, 15) is 4.79 Å². The molecule has 8 heteroatoms. The number of piperazine rings is 1. The van der Waals surface area contributed by atoms with E-state index in [1.165, 1.54) is 0 Å². The van der Waals surface area contributed by atoms with Gasteiger partial charge in [-0.3, -0.25) is 4.79 Å². The summed E-state index contributed by atoms with van der Waals surface area (Å²) in [7, 11) is 0. The minimum atomic E-state index is -0.434. The van der Waals surface area contributed by atoms with E-state index in [2.05, 4.69) is 14.9 Å². The van der Waals surface area contributed by atoms with Crippen molar-refractivity contribution in [2.75, 3.05) is 50.8 Å². The van der Waals surface area contributed by atoms with E-state index in [-0.39, 0.29) is 5.91 Å². The molecule has 2 aliphatic rings. The lowest BCUT2D eigenvalue weighted by Crippen LogP contribution is -2.56. The smallest absolute Gasteiger partial charge is 0.230 e. The normalized spacial score (nSPS) is 20.8. The molecule has 7 nitrogen and oxygen atoms in total. The zero-order chi connectivity index (χ0) is 17.3. The Hall–Kier alpha value is -1.77. The van der Waals surface area contributed by atoms with Gasteiger partial charge in [0.1, 0.15) is 12.1 Å². The summed E-state index contributed by atoms with van der Waals surface area (Å²) in [6.07, 6.45) is 3.07. The van der Waals surface area contributed by atoms with Gasteiger partial charge in [0.2, 0.25) is 5.91 Å². The van der Waals surface area contributed by atoms with Crippen LogP contribution in [0.4, 0.5) is 5.82 Å². The van der Waals surface area contributed by atoms with Crippen LogP contribution in [0.1, 0.15) is 12.8 Å². The molecule has 2 saturated heterocycles. The second-order valence-electron chi connectivity index (χ2n) is 6.71. The van der Waals surface area contributed by atoms with Crippen LogP contribution in [0.3, 0.4) is 0 Å². The monoisotopic (exact) mass is 361 g/mol. The number of amides is 1. The van der Waals surface area contributed by atoms with Crippen molar-refractivity contribution in [1.29, 1.82) is 0 Å². The Morgan fingerprint density at radius 2 is 2.00 bits per heavy atom. The number of hydrogen-bond acceptors (Lipinski definition) is 7. The highest BCUT2D eigenvalue weighted by atomic mass is 32.1. The first-order valence-electron chi connectivity index (χ1n) is 8.74. The second kappa shape index (κ2) is 6.86. The molecular formula is C17H23N5O2S. The number of nitrogens with two attached hydrogens (primary N) is 1. The number of carbonyl (C=O) groups excluding carboxylic acids is 1. The minimum absolute atomic E-state index is 0.196. The summed E-state index contributed by atoms with van der Waals surface area (Å²) in [5, 5.41) is 2.04. The lowest BCUT2D eigenvalue weighted by atomic mass is 9.78. The van der Waals surface area contributed by atoms with Crippen molar-refractivity contribution in [3.63, 3.8) is 0 Å². The number of anilines is 1. The molecule has 2 fully saturated rings. The molecule has 134 valence electrons. The molecule has 0 radical (unpaired) electrons. The standard InChI is InChI=1S/C17H23N5O2S/c18-11-17(2-8-24-9-3-17)16(23)22-6-4-21(5-7-22)15-14-13(1-10-25-14)19-12-20-15/h1,10,12H,2-9,11,18H2. The highest BCUT2D eigenvalue weighted by Gasteiger charge is 2.42. The van der Waals surface area contributed by atoms with Gasteiger partial charge in [-0.1, -0.05) is 0 Å². The Balaban J connectivity index is 1.46. The van der Waals surface area contributed by atoms with Crippen molar-refractivity contribution < 1.29 is 9.53 Å². The predicted octanol–water partition coefficient (Wildman–Crippen LogP) is 1.10.